The summed E-state index contributed by atoms with van der Waals surface area (Å²) in [5, 5.41) is 13.7. The van der Waals surface area contributed by atoms with Gasteiger partial charge >= 0.3 is 0 Å². The Morgan fingerprint density at radius 1 is 0.241 bits per heavy atom. The van der Waals surface area contributed by atoms with E-state index in [2.05, 4.69) is 431 Å². The zero-order chi connectivity index (χ0) is 76.3. The minimum atomic E-state index is 0.996. The Morgan fingerprint density at radius 2 is 0.655 bits per heavy atom. The van der Waals surface area contributed by atoms with Crippen molar-refractivity contribution in [2.45, 2.75) is 12.8 Å². The SMILES string of the molecule is C1=Cc2c(n(-c3ccc(N(c4cccc(-c5ccc6ccccc6c5)c4)c4ccccc4-c4cccc5c4sc4c(-c6cc(-c7ccc(N(c8ccc(-n9c%10ccccc%10c%10ccccc%109)cc8)c8ccccc8-c8cccc9c8sc8ccccc89)cc7)cc(-c7ccc8ccccc8c7)c6)cccc45)cc3)c3ccccc23)CC1. The molecule has 0 amide bonds. The molecule has 1 aliphatic carbocycles. The van der Waals surface area contributed by atoms with Crippen LogP contribution in [0.2, 0.25) is 0 Å². The van der Waals surface area contributed by atoms with E-state index in [0.717, 1.165) is 91.7 Å². The fourth-order valence-corrected chi connectivity index (χ4v) is 21.1. The van der Waals surface area contributed by atoms with Gasteiger partial charge < -0.3 is 18.9 Å². The average molecular weight is 1510 g/mol. The van der Waals surface area contributed by atoms with Crippen molar-refractivity contribution in [2.24, 2.45) is 0 Å². The van der Waals surface area contributed by atoms with E-state index in [0.29, 0.717) is 0 Å². The highest BCUT2D eigenvalue weighted by atomic mass is 32.1. The fourth-order valence-electron chi connectivity index (χ4n) is 18.5. The number of allylic oxidation sites excluding steroid dienone is 1. The maximum Gasteiger partial charge on any atom is 0.0541 e. The molecule has 116 heavy (non-hydrogen) atoms. The van der Waals surface area contributed by atoms with Gasteiger partial charge in [0.15, 0.2) is 0 Å². The van der Waals surface area contributed by atoms with E-state index in [9.17, 15) is 0 Å². The Bertz CT molecular complexity index is 7670. The molecule has 0 atom stereocenters. The number of aromatic nitrogens is 2. The molecule has 544 valence electrons. The van der Waals surface area contributed by atoms with Crippen LogP contribution >= 0.6 is 22.7 Å². The van der Waals surface area contributed by atoms with Crippen molar-refractivity contribution >= 4 is 157 Å². The van der Waals surface area contributed by atoms with Gasteiger partial charge in [-0.25, -0.2) is 0 Å². The van der Waals surface area contributed by atoms with Crippen molar-refractivity contribution in [2.75, 3.05) is 9.80 Å². The van der Waals surface area contributed by atoms with E-state index in [1.807, 2.05) is 22.7 Å². The zero-order valence-electron chi connectivity index (χ0n) is 63.3. The van der Waals surface area contributed by atoms with Crippen LogP contribution in [0, 0.1) is 0 Å². The number of para-hydroxylation sites is 5. The highest BCUT2D eigenvalue weighted by Gasteiger charge is 2.26. The molecule has 4 heterocycles. The zero-order valence-corrected chi connectivity index (χ0v) is 64.9. The van der Waals surface area contributed by atoms with E-state index >= 15 is 0 Å². The van der Waals surface area contributed by atoms with Gasteiger partial charge in [0.05, 0.1) is 27.9 Å². The van der Waals surface area contributed by atoms with E-state index in [1.54, 1.807) is 0 Å². The molecule has 0 fully saturated rings. The van der Waals surface area contributed by atoms with Gasteiger partial charge in [-0.3, -0.25) is 0 Å². The molecule has 4 aromatic heterocycles. The highest BCUT2D eigenvalue weighted by molar-refractivity contribution is 7.27. The van der Waals surface area contributed by atoms with E-state index in [1.165, 1.54) is 139 Å². The van der Waals surface area contributed by atoms with E-state index in [-0.39, 0.29) is 0 Å². The van der Waals surface area contributed by atoms with E-state index in [4.69, 9.17) is 0 Å². The van der Waals surface area contributed by atoms with Crippen LogP contribution in [-0.4, -0.2) is 9.13 Å². The van der Waals surface area contributed by atoms with Crippen molar-refractivity contribution in [1.82, 2.24) is 9.13 Å². The number of fused-ring (bicyclic) bond motifs is 14. The third-order valence-corrected chi connectivity index (χ3v) is 26.4. The number of thiophene rings is 2. The summed E-state index contributed by atoms with van der Waals surface area (Å²) in [7, 11) is 0. The molecule has 0 N–H and O–H groups in total. The molecule has 0 saturated heterocycles. The van der Waals surface area contributed by atoms with Crippen LogP contribution in [0.1, 0.15) is 17.7 Å². The lowest BCUT2D eigenvalue weighted by atomic mass is 9.92. The second-order valence-corrected chi connectivity index (χ2v) is 32.6. The molecule has 0 bridgehead atoms. The number of anilines is 6. The molecule has 22 aromatic rings. The summed E-state index contributed by atoms with van der Waals surface area (Å²) < 4.78 is 9.96. The first-order chi connectivity index (χ1) is 57.5. The second kappa shape index (κ2) is 27.8. The maximum atomic E-state index is 2.49. The summed E-state index contributed by atoms with van der Waals surface area (Å²) >= 11 is 3.78. The van der Waals surface area contributed by atoms with Gasteiger partial charge in [-0.05, 0) is 218 Å². The highest BCUT2D eigenvalue weighted by Crippen LogP contribution is 2.52. The number of benzene rings is 18. The third-order valence-electron chi connectivity index (χ3n) is 23.9. The lowest BCUT2D eigenvalue weighted by Crippen LogP contribution is -2.12. The molecule has 0 aliphatic heterocycles. The van der Waals surface area contributed by atoms with Crippen molar-refractivity contribution in [3.8, 4) is 78.1 Å². The van der Waals surface area contributed by atoms with Crippen molar-refractivity contribution < 1.29 is 0 Å². The summed E-state index contributed by atoms with van der Waals surface area (Å²) in [6.45, 7) is 0. The van der Waals surface area contributed by atoms with E-state index < -0.39 is 0 Å². The van der Waals surface area contributed by atoms with Crippen LogP contribution in [-0.2, 0) is 6.42 Å². The minimum absolute atomic E-state index is 0.996. The lowest BCUT2D eigenvalue weighted by molar-refractivity contribution is 0.888. The number of hydrogen-bond donors (Lipinski definition) is 0. The lowest BCUT2D eigenvalue weighted by Gasteiger charge is -2.29. The van der Waals surface area contributed by atoms with Crippen LogP contribution in [0.4, 0.5) is 34.1 Å². The van der Waals surface area contributed by atoms with Crippen LogP contribution in [0.25, 0.3) is 179 Å². The monoisotopic (exact) mass is 1510 g/mol. The molecular weight excluding hydrogens is 1440 g/mol. The molecule has 18 aromatic carbocycles. The van der Waals surface area contributed by atoms with Crippen LogP contribution in [0.5, 0.6) is 0 Å². The topological polar surface area (TPSA) is 16.3 Å². The number of nitrogens with zero attached hydrogens (tertiary/aromatic N) is 4. The first kappa shape index (κ1) is 67.3. The molecule has 4 nitrogen and oxygen atoms in total. The quantitative estimate of drug-likeness (QED) is 0.108. The summed E-state index contributed by atoms with van der Waals surface area (Å²) in [5.74, 6) is 0. The number of hydrogen-bond acceptors (Lipinski definition) is 4. The predicted molar refractivity (Wildman–Crippen MR) is 498 cm³/mol. The molecule has 1 aliphatic rings. The van der Waals surface area contributed by atoms with Crippen LogP contribution in [0.15, 0.2) is 406 Å². The maximum absolute atomic E-state index is 2.49. The smallest absolute Gasteiger partial charge is 0.0541 e. The summed E-state index contributed by atoms with van der Waals surface area (Å²) in [4.78, 5) is 4.94. The molecule has 0 saturated carbocycles. The molecule has 23 rings (SSSR count). The average Bonchev–Trinajstić information content (AvgIpc) is 1.56. The van der Waals surface area contributed by atoms with Crippen LogP contribution in [0.3, 0.4) is 0 Å². The van der Waals surface area contributed by atoms with Crippen molar-refractivity contribution in [1.29, 1.82) is 0 Å². The second-order valence-electron chi connectivity index (χ2n) is 30.5. The number of rotatable bonds is 14. The van der Waals surface area contributed by atoms with Gasteiger partial charge in [-0.1, -0.05) is 273 Å². The molecular formula is C110H72N4S2. The summed E-state index contributed by atoms with van der Waals surface area (Å²) in [6.07, 6.45) is 6.67. The molecule has 0 spiro atoms. The minimum Gasteiger partial charge on any atom is -0.313 e. The fraction of sp³-hybridized carbons (Fsp3) is 0.0182. The van der Waals surface area contributed by atoms with Crippen LogP contribution < -0.4 is 9.80 Å². The molecule has 6 heteroatoms. The molecule has 0 unspecified atom stereocenters. The predicted octanol–water partition coefficient (Wildman–Crippen LogP) is 31.7. The first-order valence-electron chi connectivity index (χ1n) is 40.0. The Kier molecular flexibility index (Phi) is 16.1. The van der Waals surface area contributed by atoms with Gasteiger partial charge in [0.25, 0.3) is 0 Å². The summed E-state index contributed by atoms with van der Waals surface area (Å²) in [5.41, 5.74) is 29.0. The molecule has 0 radical (unpaired) electrons. The Labute approximate surface area is 680 Å². The van der Waals surface area contributed by atoms with Gasteiger partial charge in [-0.2, -0.15) is 0 Å². The van der Waals surface area contributed by atoms with Crippen molar-refractivity contribution in [3.05, 3.63) is 418 Å². The Morgan fingerprint density at radius 3 is 1.28 bits per heavy atom. The first-order valence-corrected chi connectivity index (χ1v) is 41.6. The summed E-state index contributed by atoms with van der Waals surface area (Å²) in [6, 6.07) is 149. The standard InChI is InChI=1S/C110H72N4S2/c1-3-25-74-65-77(51-49-71(74)23-1)76-27-19-28-87(70-76)112(84-59-63-86(64-60-84)114-105-46-16-7-31-91(105)92-32-8-17-47-106(92)114)102-43-13-10-34-94(102)97-38-22-41-100-99-40-20-36-88(108(99)116-110(97)100)81-68-79(67-80(69-81)78-52-50-72-24-2-4-26-75(72)66-78)73-53-55-82(56-54-73)111(83-57-61-85(62-58-83)113-103-44-14-5-29-89(103)90-30-6-15-45-104(90)113)101-42-12-9-33-93(101)96-37-21-39-98-95-35-11-18-48-107(95)115-109(96)98/h1-16,18-46,48-70H,17,47H2. The van der Waals surface area contributed by atoms with Gasteiger partial charge in [-0.15, -0.1) is 22.7 Å². The van der Waals surface area contributed by atoms with Crippen molar-refractivity contribution in [3.63, 3.8) is 0 Å². The van der Waals surface area contributed by atoms with Gasteiger partial charge in [0.2, 0.25) is 0 Å². The van der Waals surface area contributed by atoms with Gasteiger partial charge in [0, 0.05) is 124 Å². The third kappa shape index (κ3) is 11.3. The Hall–Kier alpha value is -14.4. The van der Waals surface area contributed by atoms with Gasteiger partial charge in [0.1, 0.15) is 0 Å². The largest absolute Gasteiger partial charge is 0.313 e. The Balaban J connectivity index is 0.661. The normalized spacial score (nSPS) is 12.2.